The summed E-state index contributed by atoms with van der Waals surface area (Å²) in [6.07, 6.45) is 10.8. The fourth-order valence-electron chi connectivity index (χ4n) is 2.71. The zero-order valence-electron chi connectivity index (χ0n) is 10.3. The summed E-state index contributed by atoms with van der Waals surface area (Å²) in [5, 5.41) is 0. The highest BCUT2D eigenvalue weighted by Crippen LogP contribution is 2.37. The number of fused-ring (bicyclic) bond motifs is 2. The van der Waals surface area contributed by atoms with Gasteiger partial charge in [0.15, 0.2) is 5.70 Å². The van der Waals surface area contributed by atoms with Crippen LogP contribution in [0, 0.1) is 0 Å². The standard InChI is InChI=1S/C13H9BF2N4/c15-14(16)19-7-1-3-11(19)13(10-9-17-5-6-18-10)12-4-2-8-20(12)14/h1-9H. The first-order valence-electron chi connectivity index (χ1n) is 6.20. The van der Waals surface area contributed by atoms with Gasteiger partial charge in [0.1, 0.15) is 6.21 Å². The highest BCUT2D eigenvalue weighted by atomic mass is 19.2. The average Bonchev–Trinajstić information content (AvgIpc) is 3.09. The van der Waals surface area contributed by atoms with E-state index < -0.39 is 6.97 Å². The van der Waals surface area contributed by atoms with E-state index in [0.29, 0.717) is 22.7 Å². The molecule has 7 heteroatoms. The lowest BCUT2D eigenvalue weighted by Crippen LogP contribution is -2.49. The summed E-state index contributed by atoms with van der Waals surface area (Å²) in [5.74, 6) is 0. The monoisotopic (exact) mass is 270 g/mol. The Morgan fingerprint density at radius 2 is 2.15 bits per heavy atom. The molecule has 0 saturated heterocycles. The van der Waals surface area contributed by atoms with Crippen molar-refractivity contribution in [3.63, 3.8) is 0 Å². The van der Waals surface area contributed by atoms with Crippen LogP contribution < -0.4 is 0 Å². The predicted octanol–water partition coefficient (Wildman–Crippen LogP) is 1.93. The Kier molecular flexibility index (Phi) is 2.10. The van der Waals surface area contributed by atoms with E-state index >= 15 is 0 Å². The minimum Gasteiger partial charge on any atom is -0.396 e. The quantitative estimate of drug-likeness (QED) is 0.742. The summed E-state index contributed by atoms with van der Waals surface area (Å²) in [4.78, 5) is 8.27. The molecule has 4 rings (SSSR count). The number of halogens is 2. The lowest BCUT2D eigenvalue weighted by molar-refractivity contribution is -0.356. The summed E-state index contributed by atoms with van der Waals surface area (Å²) < 4.78 is 31.0. The maximum Gasteiger partial charge on any atom is 0.737 e. The predicted molar refractivity (Wildman–Crippen MR) is 71.3 cm³/mol. The van der Waals surface area contributed by atoms with Gasteiger partial charge in [-0.2, -0.15) is 0 Å². The zero-order valence-corrected chi connectivity index (χ0v) is 10.3. The number of rotatable bonds is 1. The Hall–Kier alpha value is -2.57. The average molecular weight is 270 g/mol. The molecule has 2 aromatic rings. The molecular weight excluding hydrogens is 261 g/mol. The maximum atomic E-state index is 14.5. The highest BCUT2D eigenvalue weighted by Gasteiger charge is 2.51. The van der Waals surface area contributed by atoms with E-state index in [1.807, 2.05) is 0 Å². The fourth-order valence-corrected chi connectivity index (χ4v) is 2.71. The number of allylic oxidation sites excluding steroid dienone is 2. The maximum absolute atomic E-state index is 14.5. The lowest BCUT2D eigenvalue weighted by Gasteiger charge is -2.30. The highest BCUT2D eigenvalue weighted by molar-refractivity contribution is 6.57. The van der Waals surface area contributed by atoms with Gasteiger partial charge in [0.2, 0.25) is 0 Å². The van der Waals surface area contributed by atoms with Crippen LogP contribution in [0.2, 0.25) is 0 Å². The van der Waals surface area contributed by atoms with E-state index in [-0.39, 0.29) is 0 Å². The number of nitrogens with zero attached hydrogens (tertiary/aromatic N) is 4. The molecule has 0 radical (unpaired) electrons. The number of hydrogen-bond acceptors (Lipinski definition) is 2. The molecule has 4 heterocycles. The van der Waals surface area contributed by atoms with Gasteiger partial charge in [-0.15, -0.1) is 0 Å². The second-order valence-electron chi connectivity index (χ2n) is 4.66. The van der Waals surface area contributed by atoms with Crippen molar-refractivity contribution in [1.29, 1.82) is 0 Å². The third-order valence-corrected chi connectivity index (χ3v) is 3.56. The minimum atomic E-state index is -3.85. The van der Waals surface area contributed by atoms with Crippen LogP contribution in [-0.4, -0.2) is 32.1 Å². The van der Waals surface area contributed by atoms with Crippen molar-refractivity contribution in [1.82, 2.24) is 14.4 Å². The fraction of sp³-hybridized carbons (Fsp3) is 0. The van der Waals surface area contributed by atoms with Crippen LogP contribution in [0.3, 0.4) is 0 Å². The molecule has 0 saturated carbocycles. The second-order valence-corrected chi connectivity index (χ2v) is 4.66. The van der Waals surface area contributed by atoms with E-state index in [2.05, 4.69) is 9.97 Å². The molecule has 0 atom stereocenters. The number of aromatic nitrogens is 3. The van der Waals surface area contributed by atoms with Crippen molar-refractivity contribution < 1.29 is 13.1 Å². The van der Waals surface area contributed by atoms with Crippen molar-refractivity contribution in [2.24, 2.45) is 0 Å². The first-order valence-corrected chi connectivity index (χ1v) is 6.20. The molecular formula is C13H9BF2N4. The zero-order chi connectivity index (χ0) is 13.7. The Balaban J connectivity index is 2.07. The van der Waals surface area contributed by atoms with E-state index in [1.165, 1.54) is 12.4 Å². The van der Waals surface area contributed by atoms with Crippen molar-refractivity contribution >= 4 is 18.8 Å². The summed E-state index contributed by atoms with van der Waals surface area (Å²) >= 11 is 0. The first kappa shape index (κ1) is 11.3. The van der Waals surface area contributed by atoms with Crippen molar-refractivity contribution in [2.45, 2.75) is 0 Å². The van der Waals surface area contributed by atoms with Crippen LogP contribution in [0.5, 0.6) is 0 Å². The smallest absolute Gasteiger partial charge is 0.396 e. The number of hydrogen-bond donors (Lipinski definition) is 0. The van der Waals surface area contributed by atoms with Crippen LogP contribution in [0.25, 0.3) is 5.57 Å². The van der Waals surface area contributed by atoms with Crippen LogP contribution in [-0.2, 0) is 0 Å². The molecule has 0 spiro atoms. The molecule has 0 bridgehead atoms. The molecule has 2 aliphatic rings. The van der Waals surface area contributed by atoms with Crippen molar-refractivity contribution in [3.8, 4) is 0 Å². The van der Waals surface area contributed by atoms with Crippen LogP contribution in [0.15, 0.2) is 54.8 Å². The second kappa shape index (κ2) is 3.72. The van der Waals surface area contributed by atoms with E-state index in [0.717, 1.165) is 8.96 Å². The Labute approximate surface area is 113 Å². The molecule has 0 N–H and O–H groups in total. The van der Waals surface area contributed by atoms with Gasteiger partial charge in [-0.1, -0.05) is 0 Å². The molecule has 0 unspecified atom stereocenters. The molecule has 0 amide bonds. The molecule has 0 aliphatic carbocycles. The molecule has 2 aromatic heterocycles. The van der Waals surface area contributed by atoms with Gasteiger partial charge >= 0.3 is 6.97 Å². The Morgan fingerprint density at radius 3 is 2.95 bits per heavy atom. The van der Waals surface area contributed by atoms with Gasteiger partial charge in [-0.05, 0) is 18.3 Å². The van der Waals surface area contributed by atoms with Gasteiger partial charge < -0.3 is 17.6 Å². The Bertz CT molecular complexity index is 790. The van der Waals surface area contributed by atoms with Gasteiger partial charge in [0.25, 0.3) is 0 Å². The molecule has 2 aliphatic heterocycles. The largest absolute Gasteiger partial charge is 0.737 e. The van der Waals surface area contributed by atoms with E-state index in [4.69, 9.17) is 0 Å². The third-order valence-electron chi connectivity index (χ3n) is 3.56. The molecule has 0 fully saturated rings. The molecule has 20 heavy (non-hydrogen) atoms. The third kappa shape index (κ3) is 1.32. The van der Waals surface area contributed by atoms with Crippen LogP contribution >= 0.6 is 0 Å². The van der Waals surface area contributed by atoms with Gasteiger partial charge in [-0.25, -0.2) is 0 Å². The molecule has 0 aromatic carbocycles. The first-order chi connectivity index (χ1) is 9.69. The van der Waals surface area contributed by atoms with Crippen molar-refractivity contribution in [2.75, 3.05) is 0 Å². The lowest BCUT2D eigenvalue weighted by atomic mass is 9.88. The summed E-state index contributed by atoms with van der Waals surface area (Å²) in [5.41, 5.74) is 2.17. The summed E-state index contributed by atoms with van der Waals surface area (Å²) in [6.45, 7) is -3.85. The molecule has 98 valence electrons. The minimum absolute atomic E-state index is 0.460. The Morgan fingerprint density at radius 1 is 1.25 bits per heavy atom. The van der Waals surface area contributed by atoms with Gasteiger partial charge in [0, 0.05) is 30.2 Å². The van der Waals surface area contributed by atoms with E-state index in [9.17, 15) is 8.63 Å². The van der Waals surface area contributed by atoms with E-state index in [1.54, 1.807) is 42.9 Å². The SMILES string of the molecule is F[B-]1(F)n2cccc2C(c2cnccn2)=C2C=CC=[N+]21. The van der Waals surface area contributed by atoms with Gasteiger partial charge in [0.05, 0.1) is 17.5 Å². The summed E-state index contributed by atoms with van der Waals surface area (Å²) in [7, 11) is 0. The molecule has 4 nitrogen and oxygen atoms in total. The van der Waals surface area contributed by atoms with Crippen LogP contribution in [0.1, 0.15) is 11.4 Å². The summed E-state index contributed by atoms with van der Waals surface area (Å²) in [6, 6.07) is 3.30. The topological polar surface area (TPSA) is 33.7 Å². The normalized spacial score (nSPS) is 18.8. The van der Waals surface area contributed by atoms with Gasteiger partial charge in [-0.3, -0.25) is 9.97 Å². The van der Waals surface area contributed by atoms with Crippen LogP contribution in [0.4, 0.5) is 8.63 Å². The van der Waals surface area contributed by atoms with Crippen molar-refractivity contribution in [3.05, 3.63) is 66.2 Å².